The molecule has 0 amide bonds. The third kappa shape index (κ3) is 2.17. The number of ether oxygens (including phenoxy) is 2. The molecule has 0 aliphatic carbocycles. The highest BCUT2D eigenvalue weighted by Gasteiger charge is 2.74. The van der Waals surface area contributed by atoms with Crippen LogP contribution in [0.1, 0.15) is 11.1 Å². The third-order valence-corrected chi connectivity index (χ3v) is 2.92. The Balaban J connectivity index is 2.06. The van der Waals surface area contributed by atoms with Gasteiger partial charge < -0.3 is 9.47 Å². The second-order valence-corrected chi connectivity index (χ2v) is 4.17. The number of aryl methyl sites for hydroxylation is 1. The van der Waals surface area contributed by atoms with Crippen LogP contribution in [0.5, 0.6) is 0 Å². The summed E-state index contributed by atoms with van der Waals surface area (Å²) in [5, 5.41) is 0. The number of benzene rings is 1. The molecule has 1 fully saturated rings. The van der Waals surface area contributed by atoms with E-state index in [0.29, 0.717) is 0 Å². The van der Waals surface area contributed by atoms with Crippen LogP contribution < -0.4 is 0 Å². The smallest absolute Gasteiger partial charge is 0.344 e. The maximum absolute atomic E-state index is 12.7. The largest absolute Gasteiger partial charge is 0.446 e. The molecule has 2 atom stereocenters. The van der Waals surface area contributed by atoms with E-state index in [1.807, 2.05) is 19.1 Å². The lowest BCUT2D eigenvalue weighted by Crippen LogP contribution is -2.37. The Morgan fingerprint density at radius 2 is 1.88 bits per heavy atom. The summed E-state index contributed by atoms with van der Waals surface area (Å²) in [6.07, 6.45) is -5.24. The minimum Gasteiger partial charge on any atom is -0.344 e. The third-order valence-electron chi connectivity index (χ3n) is 2.92. The topological polar surface area (TPSA) is 21.8 Å². The van der Waals surface area contributed by atoms with Crippen LogP contribution in [0.4, 0.5) is 13.2 Å². The zero-order chi connectivity index (χ0) is 12.7. The maximum atomic E-state index is 12.7. The Morgan fingerprint density at radius 1 is 1.29 bits per heavy atom. The Hall–Kier alpha value is -1.07. The van der Waals surface area contributed by atoms with Gasteiger partial charge in [0.25, 0.3) is 5.79 Å². The SMILES string of the molecule is COC1(C(F)(F)F)OC1Cc1ccc(C)cc1. The number of methoxy groups -OCH3 is 1. The Labute approximate surface area is 97.3 Å². The molecule has 94 valence electrons. The van der Waals surface area contributed by atoms with Crippen molar-refractivity contribution in [1.82, 2.24) is 0 Å². The molecule has 2 rings (SSSR count). The first kappa shape index (κ1) is 12.4. The lowest BCUT2D eigenvalue weighted by atomic mass is 10.1. The van der Waals surface area contributed by atoms with Gasteiger partial charge in [0.05, 0.1) is 0 Å². The molecule has 1 aromatic carbocycles. The molecule has 1 heterocycles. The minimum absolute atomic E-state index is 0.202. The molecular formula is C12H13F3O2. The lowest BCUT2D eigenvalue weighted by Gasteiger charge is -2.14. The molecule has 1 aliphatic rings. The van der Waals surface area contributed by atoms with Gasteiger partial charge in [-0.05, 0) is 12.5 Å². The number of epoxide rings is 1. The second kappa shape index (κ2) is 3.99. The number of alkyl halides is 3. The van der Waals surface area contributed by atoms with Gasteiger partial charge in [-0.1, -0.05) is 29.8 Å². The summed E-state index contributed by atoms with van der Waals surface area (Å²) in [5.74, 6) is -2.40. The molecule has 2 nitrogen and oxygen atoms in total. The van der Waals surface area contributed by atoms with E-state index in [0.717, 1.165) is 18.2 Å². The Morgan fingerprint density at radius 3 is 2.29 bits per heavy atom. The quantitative estimate of drug-likeness (QED) is 0.765. The number of hydrogen-bond acceptors (Lipinski definition) is 2. The minimum atomic E-state index is -4.49. The molecule has 1 saturated heterocycles. The van der Waals surface area contributed by atoms with Crippen LogP contribution in [0.25, 0.3) is 0 Å². The average molecular weight is 246 g/mol. The zero-order valence-corrected chi connectivity index (χ0v) is 9.54. The molecule has 0 bridgehead atoms. The Kier molecular flexibility index (Phi) is 2.91. The standard InChI is InChI=1S/C12H13F3O2/c1-8-3-5-9(6-4-8)7-10-11(16-2,17-10)12(13,14)15/h3-6,10H,7H2,1-2H3. The van der Waals surface area contributed by atoms with Crippen LogP contribution in [0.3, 0.4) is 0 Å². The van der Waals surface area contributed by atoms with Crippen molar-refractivity contribution in [3.05, 3.63) is 35.4 Å². The van der Waals surface area contributed by atoms with E-state index in [1.54, 1.807) is 12.1 Å². The summed E-state index contributed by atoms with van der Waals surface area (Å²) < 4.78 is 47.2. The summed E-state index contributed by atoms with van der Waals surface area (Å²) in [6.45, 7) is 1.92. The summed E-state index contributed by atoms with van der Waals surface area (Å²) in [6, 6.07) is 7.32. The average Bonchev–Trinajstić information content (AvgIpc) is 2.96. The van der Waals surface area contributed by atoms with Crippen molar-refractivity contribution in [3.63, 3.8) is 0 Å². The summed E-state index contributed by atoms with van der Waals surface area (Å²) in [4.78, 5) is 0. The van der Waals surface area contributed by atoms with Crippen LogP contribution >= 0.6 is 0 Å². The van der Waals surface area contributed by atoms with Gasteiger partial charge in [0, 0.05) is 13.5 Å². The van der Waals surface area contributed by atoms with E-state index >= 15 is 0 Å². The van der Waals surface area contributed by atoms with Crippen LogP contribution in [-0.4, -0.2) is 25.2 Å². The van der Waals surface area contributed by atoms with Crippen molar-refractivity contribution < 1.29 is 22.6 Å². The first-order valence-corrected chi connectivity index (χ1v) is 5.24. The molecule has 5 heteroatoms. The molecule has 1 aliphatic heterocycles. The van der Waals surface area contributed by atoms with Crippen molar-refractivity contribution >= 4 is 0 Å². The van der Waals surface area contributed by atoms with Crippen LogP contribution in [0.15, 0.2) is 24.3 Å². The van der Waals surface area contributed by atoms with Gasteiger partial charge in [-0.2, -0.15) is 13.2 Å². The summed E-state index contributed by atoms with van der Waals surface area (Å²) in [5.41, 5.74) is 1.88. The fourth-order valence-electron chi connectivity index (χ4n) is 1.84. The van der Waals surface area contributed by atoms with E-state index in [-0.39, 0.29) is 6.42 Å². The lowest BCUT2D eigenvalue weighted by molar-refractivity contribution is -0.263. The summed E-state index contributed by atoms with van der Waals surface area (Å²) in [7, 11) is 1.02. The molecule has 0 saturated carbocycles. The molecule has 0 radical (unpaired) electrons. The fraction of sp³-hybridized carbons (Fsp3) is 0.500. The molecule has 0 spiro atoms. The van der Waals surface area contributed by atoms with E-state index in [2.05, 4.69) is 4.74 Å². The molecule has 0 aromatic heterocycles. The van der Waals surface area contributed by atoms with Gasteiger partial charge in [0.15, 0.2) is 0 Å². The highest BCUT2D eigenvalue weighted by Crippen LogP contribution is 2.51. The van der Waals surface area contributed by atoms with Crippen molar-refractivity contribution in [2.75, 3.05) is 7.11 Å². The second-order valence-electron chi connectivity index (χ2n) is 4.17. The number of rotatable bonds is 3. The van der Waals surface area contributed by atoms with Crippen molar-refractivity contribution in [2.45, 2.75) is 31.4 Å². The fourth-order valence-corrected chi connectivity index (χ4v) is 1.84. The number of halogens is 3. The predicted octanol–water partition coefficient (Wildman–Crippen LogP) is 2.84. The predicted molar refractivity (Wildman–Crippen MR) is 55.6 cm³/mol. The van der Waals surface area contributed by atoms with E-state index < -0.39 is 18.1 Å². The van der Waals surface area contributed by atoms with Crippen LogP contribution in [-0.2, 0) is 15.9 Å². The van der Waals surface area contributed by atoms with E-state index in [1.165, 1.54) is 0 Å². The van der Waals surface area contributed by atoms with E-state index in [9.17, 15) is 13.2 Å². The highest BCUT2D eigenvalue weighted by molar-refractivity contribution is 5.23. The summed E-state index contributed by atoms with van der Waals surface area (Å²) >= 11 is 0. The normalized spacial score (nSPS) is 28.2. The first-order chi connectivity index (χ1) is 7.89. The molecule has 0 N–H and O–H groups in total. The maximum Gasteiger partial charge on any atom is 0.446 e. The van der Waals surface area contributed by atoms with Gasteiger partial charge in [-0.3, -0.25) is 0 Å². The van der Waals surface area contributed by atoms with Gasteiger partial charge in [0.2, 0.25) is 0 Å². The molecule has 2 unspecified atom stereocenters. The van der Waals surface area contributed by atoms with Gasteiger partial charge in [-0.25, -0.2) is 0 Å². The molecule has 1 aromatic rings. The van der Waals surface area contributed by atoms with Gasteiger partial charge in [-0.15, -0.1) is 0 Å². The number of hydrogen-bond donors (Lipinski definition) is 0. The van der Waals surface area contributed by atoms with Gasteiger partial charge in [0.1, 0.15) is 6.10 Å². The highest BCUT2D eigenvalue weighted by atomic mass is 19.4. The molecule has 17 heavy (non-hydrogen) atoms. The Bertz CT molecular complexity index is 399. The van der Waals surface area contributed by atoms with Crippen molar-refractivity contribution in [2.24, 2.45) is 0 Å². The van der Waals surface area contributed by atoms with Crippen LogP contribution in [0.2, 0.25) is 0 Å². The van der Waals surface area contributed by atoms with Crippen LogP contribution in [0, 0.1) is 6.92 Å². The monoisotopic (exact) mass is 246 g/mol. The zero-order valence-electron chi connectivity index (χ0n) is 9.54. The van der Waals surface area contributed by atoms with Gasteiger partial charge >= 0.3 is 6.18 Å². The molecular weight excluding hydrogens is 233 g/mol. The van der Waals surface area contributed by atoms with Crippen molar-refractivity contribution in [1.29, 1.82) is 0 Å². The van der Waals surface area contributed by atoms with E-state index in [4.69, 9.17) is 4.74 Å². The first-order valence-electron chi connectivity index (χ1n) is 5.24. The van der Waals surface area contributed by atoms with Crippen molar-refractivity contribution in [3.8, 4) is 0 Å².